The molecule has 0 spiro atoms. The van der Waals surface area contributed by atoms with Crippen molar-refractivity contribution in [3.8, 4) is 6.07 Å². The number of carbonyl (C=O) groups excluding carboxylic acids is 1. The number of nitrogens with zero attached hydrogens (tertiary/aromatic N) is 2. The second-order valence-electron chi connectivity index (χ2n) is 5.01. The van der Waals surface area contributed by atoms with Gasteiger partial charge in [-0.15, -0.1) is 0 Å². The summed E-state index contributed by atoms with van der Waals surface area (Å²) in [6.07, 6.45) is 4.22. The van der Waals surface area contributed by atoms with Crippen molar-refractivity contribution >= 4 is 5.91 Å². The van der Waals surface area contributed by atoms with Crippen LogP contribution in [0.5, 0.6) is 0 Å². The van der Waals surface area contributed by atoms with Crippen LogP contribution in [-0.2, 0) is 24.1 Å². The van der Waals surface area contributed by atoms with Crippen LogP contribution in [0.1, 0.15) is 50.1 Å². The highest BCUT2D eigenvalue weighted by Crippen LogP contribution is 2.31. The van der Waals surface area contributed by atoms with Gasteiger partial charge >= 0.3 is 0 Å². The molecule has 0 bridgehead atoms. The Morgan fingerprint density at radius 2 is 2.21 bits per heavy atom. The quantitative estimate of drug-likeness (QED) is 0.878. The fourth-order valence-electron chi connectivity index (χ4n) is 2.40. The lowest BCUT2D eigenvalue weighted by atomic mass is 9.78. The number of aromatic nitrogens is 1. The molecule has 1 amide bonds. The van der Waals surface area contributed by atoms with Gasteiger partial charge in [0.15, 0.2) is 0 Å². The van der Waals surface area contributed by atoms with Crippen molar-refractivity contribution in [3.05, 3.63) is 17.0 Å². The summed E-state index contributed by atoms with van der Waals surface area (Å²) in [4.78, 5) is 12.1. The third kappa shape index (κ3) is 2.62. The summed E-state index contributed by atoms with van der Waals surface area (Å²) < 4.78 is 5.24. The van der Waals surface area contributed by atoms with Crippen LogP contribution in [0.4, 0.5) is 0 Å². The summed E-state index contributed by atoms with van der Waals surface area (Å²) in [6.45, 7) is 3.96. The summed E-state index contributed by atoms with van der Waals surface area (Å²) in [5.74, 6) is 0.653. The van der Waals surface area contributed by atoms with Gasteiger partial charge in [-0.25, -0.2) is 0 Å². The topological polar surface area (TPSA) is 78.9 Å². The third-order valence-corrected chi connectivity index (χ3v) is 3.74. The standard InChI is InChI=1S/C14H19N3O2/c1-3-11-10(12(4-2)19-17-11)8-13(18)16-14(9-15)6-5-7-14/h3-8H2,1-2H3,(H,16,18). The lowest BCUT2D eigenvalue weighted by Crippen LogP contribution is -2.52. The van der Waals surface area contributed by atoms with Crippen molar-refractivity contribution in [2.75, 3.05) is 0 Å². The van der Waals surface area contributed by atoms with E-state index in [1.54, 1.807) is 0 Å². The second kappa shape index (κ2) is 5.43. The van der Waals surface area contributed by atoms with E-state index in [1.165, 1.54) is 0 Å². The van der Waals surface area contributed by atoms with Crippen molar-refractivity contribution in [1.82, 2.24) is 10.5 Å². The molecule has 1 N–H and O–H groups in total. The van der Waals surface area contributed by atoms with E-state index in [2.05, 4.69) is 16.5 Å². The van der Waals surface area contributed by atoms with Crippen LogP contribution in [0.2, 0.25) is 0 Å². The van der Waals surface area contributed by atoms with Crippen molar-refractivity contribution in [1.29, 1.82) is 5.26 Å². The molecular formula is C14H19N3O2. The molecule has 5 nitrogen and oxygen atoms in total. The zero-order chi connectivity index (χ0) is 13.9. The Bertz CT molecular complexity index is 488. The van der Waals surface area contributed by atoms with Crippen LogP contribution >= 0.6 is 0 Å². The molecule has 102 valence electrons. The van der Waals surface area contributed by atoms with Gasteiger partial charge in [-0.1, -0.05) is 19.0 Å². The molecule has 1 fully saturated rings. The van der Waals surface area contributed by atoms with Crippen LogP contribution in [0, 0.1) is 11.3 Å². The van der Waals surface area contributed by atoms with Gasteiger partial charge in [-0.3, -0.25) is 4.79 Å². The van der Waals surface area contributed by atoms with E-state index in [0.29, 0.717) is 0 Å². The molecule has 1 saturated carbocycles. The number of amides is 1. The smallest absolute Gasteiger partial charge is 0.225 e. The fraction of sp³-hybridized carbons (Fsp3) is 0.643. The minimum atomic E-state index is -0.632. The monoisotopic (exact) mass is 261 g/mol. The maximum absolute atomic E-state index is 12.1. The summed E-state index contributed by atoms with van der Waals surface area (Å²) >= 11 is 0. The molecule has 1 aromatic rings. The molecule has 1 aliphatic carbocycles. The molecule has 5 heteroatoms. The highest BCUT2D eigenvalue weighted by Gasteiger charge is 2.38. The molecule has 0 aromatic carbocycles. The zero-order valence-electron chi connectivity index (χ0n) is 11.5. The van der Waals surface area contributed by atoms with E-state index >= 15 is 0 Å². The van der Waals surface area contributed by atoms with Crippen LogP contribution in [0.25, 0.3) is 0 Å². The number of nitriles is 1. The van der Waals surface area contributed by atoms with Gasteiger partial charge in [0.1, 0.15) is 11.3 Å². The molecule has 2 rings (SSSR count). The molecule has 0 aliphatic heterocycles. The molecule has 0 radical (unpaired) electrons. The Labute approximate surface area is 113 Å². The Morgan fingerprint density at radius 3 is 2.68 bits per heavy atom. The number of carbonyl (C=O) groups is 1. The molecule has 1 aliphatic rings. The van der Waals surface area contributed by atoms with Gasteiger partial charge in [0.25, 0.3) is 0 Å². The minimum absolute atomic E-state index is 0.117. The highest BCUT2D eigenvalue weighted by molar-refractivity contribution is 5.80. The van der Waals surface area contributed by atoms with Crippen LogP contribution < -0.4 is 5.32 Å². The number of aryl methyl sites for hydroxylation is 2. The van der Waals surface area contributed by atoms with E-state index < -0.39 is 5.54 Å². The largest absolute Gasteiger partial charge is 0.361 e. The van der Waals surface area contributed by atoms with Gasteiger partial charge < -0.3 is 9.84 Å². The van der Waals surface area contributed by atoms with Gasteiger partial charge in [-0.05, 0) is 25.7 Å². The minimum Gasteiger partial charge on any atom is -0.361 e. The maximum Gasteiger partial charge on any atom is 0.225 e. The van der Waals surface area contributed by atoms with Crippen molar-refractivity contribution < 1.29 is 9.32 Å². The van der Waals surface area contributed by atoms with Gasteiger partial charge in [0.05, 0.1) is 18.2 Å². The Hall–Kier alpha value is -1.83. The van der Waals surface area contributed by atoms with Crippen molar-refractivity contribution in [2.24, 2.45) is 0 Å². The molecule has 0 saturated heterocycles. The van der Waals surface area contributed by atoms with Gasteiger partial charge in [0, 0.05) is 12.0 Å². The molecule has 19 heavy (non-hydrogen) atoms. The van der Waals surface area contributed by atoms with E-state index in [0.717, 1.165) is 49.1 Å². The average Bonchev–Trinajstić information content (AvgIpc) is 2.75. The average molecular weight is 261 g/mol. The van der Waals surface area contributed by atoms with E-state index in [9.17, 15) is 4.79 Å². The predicted octanol–water partition coefficient (Wildman–Crippen LogP) is 1.90. The normalized spacial score (nSPS) is 16.5. The first-order valence-corrected chi connectivity index (χ1v) is 6.82. The first kappa shape index (κ1) is 13.6. The second-order valence-corrected chi connectivity index (χ2v) is 5.01. The lowest BCUT2D eigenvalue weighted by Gasteiger charge is -2.35. The molecule has 1 heterocycles. The Morgan fingerprint density at radius 1 is 1.47 bits per heavy atom. The molecule has 0 unspecified atom stereocenters. The fourth-order valence-corrected chi connectivity index (χ4v) is 2.40. The van der Waals surface area contributed by atoms with Gasteiger partial charge in [-0.2, -0.15) is 5.26 Å². The van der Waals surface area contributed by atoms with Crippen molar-refractivity contribution in [2.45, 2.75) is 57.9 Å². The van der Waals surface area contributed by atoms with Crippen molar-refractivity contribution in [3.63, 3.8) is 0 Å². The number of hydrogen-bond acceptors (Lipinski definition) is 4. The maximum atomic E-state index is 12.1. The van der Waals surface area contributed by atoms with E-state index in [1.807, 2.05) is 13.8 Å². The number of rotatable bonds is 5. The Balaban J connectivity index is 2.07. The summed E-state index contributed by atoms with van der Waals surface area (Å²) in [5, 5.41) is 16.0. The highest BCUT2D eigenvalue weighted by atomic mass is 16.5. The predicted molar refractivity (Wildman–Crippen MR) is 69.3 cm³/mol. The van der Waals surface area contributed by atoms with Crippen LogP contribution in [0.3, 0.4) is 0 Å². The molecule has 1 aromatic heterocycles. The van der Waals surface area contributed by atoms with E-state index in [-0.39, 0.29) is 12.3 Å². The SMILES string of the molecule is CCc1noc(CC)c1CC(=O)NC1(C#N)CCC1. The Kier molecular flexibility index (Phi) is 3.89. The summed E-state index contributed by atoms with van der Waals surface area (Å²) in [6, 6.07) is 2.21. The van der Waals surface area contributed by atoms with Crippen LogP contribution in [-0.4, -0.2) is 16.6 Å². The first-order chi connectivity index (χ1) is 9.14. The van der Waals surface area contributed by atoms with E-state index in [4.69, 9.17) is 9.78 Å². The number of nitrogens with one attached hydrogen (secondary N) is 1. The summed E-state index contributed by atoms with van der Waals surface area (Å²) in [7, 11) is 0. The first-order valence-electron chi connectivity index (χ1n) is 6.82. The number of hydrogen-bond donors (Lipinski definition) is 1. The summed E-state index contributed by atoms with van der Waals surface area (Å²) in [5.41, 5.74) is 1.09. The van der Waals surface area contributed by atoms with Gasteiger partial charge in [0.2, 0.25) is 5.91 Å². The zero-order valence-corrected chi connectivity index (χ0v) is 11.5. The molecular weight excluding hydrogens is 242 g/mol. The lowest BCUT2D eigenvalue weighted by molar-refractivity contribution is -0.122. The van der Waals surface area contributed by atoms with Crippen LogP contribution in [0.15, 0.2) is 4.52 Å². The third-order valence-electron chi connectivity index (χ3n) is 3.74. The molecule has 0 atom stereocenters.